The van der Waals surface area contributed by atoms with Crippen molar-refractivity contribution in [1.82, 2.24) is 4.98 Å². The molecule has 6 heteroatoms. The van der Waals surface area contributed by atoms with E-state index in [2.05, 4.69) is 9.71 Å². The van der Waals surface area contributed by atoms with Crippen molar-refractivity contribution in [3.05, 3.63) is 60.3 Å². The van der Waals surface area contributed by atoms with Gasteiger partial charge in [0.25, 0.3) is 10.0 Å². The lowest BCUT2D eigenvalue weighted by molar-refractivity contribution is 0.601. The van der Waals surface area contributed by atoms with Gasteiger partial charge in [0.15, 0.2) is 0 Å². The number of anilines is 1. The molecule has 0 spiro atoms. The molecular weight excluding hydrogens is 286 g/mol. The van der Waals surface area contributed by atoms with Gasteiger partial charge in [-0.05, 0) is 36.4 Å². The minimum Gasteiger partial charge on any atom is -0.361 e. The lowest BCUT2D eigenvalue weighted by Gasteiger charge is -2.09. The zero-order chi connectivity index (χ0) is 14.9. The molecule has 0 bridgehead atoms. The number of nitrogens with zero attached hydrogens (tertiary/aromatic N) is 1. The van der Waals surface area contributed by atoms with Crippen molar-refractivity contribution < 1.29 is 8.42 Å². The number of hydrogen-bond acceptors (Lipinski definition) is 3. The number of nitriles is 1. The Kier molecular flexibility index (Phi) is 3.12. The van der Waals surface area contributed by atoms with Gasteiger partial charge in [-0.15, -0.1) is 0 Å². The quantitative estimate of drug-likeness (QED) is 0.779. The van der Waals surface area contributed by atoms with Crippen LogP contribution in [0.25, 0.3) is 10.9 Å². The molecule has 0 amide bonds. The Labute approximate surface area is 121 Å². The topological polar surface area (TPSA) is 85.8 Å². The first kappa shape index (κ1) is 13.2. The summed E-state index contributed by atoms with van der Waals surface area (Å²) in [4.78, 5) is 3.09. The summed E-state index contributed by atoms with van der Waals surface area (Å²) >= 11 is 0. The minimum atomic E-state index is -3.73. The molecular formula is C15H11N3O2S. The monoisotopic (exact) mass is 297 g/mol. The SMILES string of the molecule is N#Cc1cccc(S(=O)(=O)Nc2cccc3[nH]ccc23)c1. The highest BCUT2D eigenvalue weighted by molar-refractivity contribution is 7.92. The molecule has 0 saturated carbocycles. The first-order valence-electron chi connectivity index (χ1n) is 6.19. The van der Waals surface area contributed by atoms with Gasteiger partial charge >= 0.3 is 0 Å². The molecule has 0 radical (unpaired) electrons. The van der Waals surface area contributed by atoms with Gasteiger partial charge in [0.05, 0.1) is 22.2 Å². The Hall–Kier alpha value is -2.78. The zero-order valence-electron chi connectivity index (χ0n) is 10.9. The van der Waals surface area contributed by atoms with Crippen LogP contribution in [0.1, 0.15) is 5.56 Å². The maximum Gasteiger partial charge on any atom is 0.261 e. The molecule has 0 aliphatic heterocycles. The van der Waals surface area contributed by atoms with E-state index < -0.39 is 10.0 Å². The third-order valence-corrected chi connectivity index (χ3v) is 4.48. The molecule has 104 valence electrons. The van der Waals surface area contributed by atoms with Crippen molar-refractivity contribution in [1.29, 1.82) is 5.26 Å². The predicted octanol–water partition coefficient (Wildman–Crippen LogP) is 2.84. The van der Waals surface area contributed by atoms with Gasteiger partial charge in [-0.1, -0.05) is 12.1 Å². The summed E-state index contributed by atoms with van der Waals surface area (Å²) in [5, 5.41) is 9.65. The lowest BCUT2D eigenvalue weighted by Crippen LogP contribution is -2.13. The molecule has 0 atom stereocenters. The number of aromatic amines is 1. The molecule has 0 saturated heterocycles. The van der Waals surface area contributed by atoms with Crippen molar-refractivity contribution in [2.45, 2.75) is 4.90 Å². The molecule has 3 aromatic rings. The van der Waals surface area contributed by atoms with Gasteiger partial charge in [0, 0.05) is 17.1 Å². The van der Waals surface area contributed by atoms with E-state index in [1.807, 2.05) is 12.1 Å². The van der Waals surface area contributed by atoms with Crippen LogP contribution in [-0.4, -0.2) is 13.4 Å². The number of hydrogen-bond donors (Lipinski definition) is 2. The summed E-state index contributed by atoms with van der Waals surface area (Å²) in [5.74, 6) is 0. The molecule has 5 nitrogen and oxygen atoms in total. The average molecular weight is 297 g/mol. The summed E-state index contributed by atoms with van der Waals surface area (Å²) in [6.07, 6.45) is 1.75. The van der Waals surface area contributed by atoms with Crippen LogP contribution >= 0.6 is 0 Å². The first-order valence-corrected chi connectivity index (χ1v) is 7.67. The number of H-pyrrole nitrogens is 1. The molecule has 1 aromatic heterocycles. The molecule has 0 fully saturated rings. The molecule has 0 aliphatic rings. The van der Waals surface area contributed by atoms with Crippen molar-refractivity contribution in [2.75, 3.05) is 4.72 Å². The highest BCUT2D eigenvalue weighted by Crippen LogP contribution is 2.25. The van der Waals surface area contributed by atoms with Crippen LogP contribution in [0, 0.1) is 11.3 Å². The number of sulfonamides is 1. The smallest absolute Gasteiger partial charge is 0.261 e. The Balaban J connectivity index is 2.03. The normalized spacial score (nSPS) is 11.2. The van der Waals surface area contributed by atoms with Crippen LogP contribution in [0.5, 0.6) is 0 Å². The second kappa shape index (κ2) is 4.96. The number of fused-ring (bicyclic) bond motifs is 1. The fourth-order valence-electron chi connectivity index (χ4n) is 2.11. The van der Waals surface area contributed by atoms with E-state index >= 15 is 0 Å². The van der Waals surface area contributed by atoms with E-state index in [0.717, 1.165) is 10.9 Å². The summed E-state index contributed by atoms with van der Waals surface area (Å²) in [7, 11) is -3.73. The number of aromatic nitrogens is 1. The van der Waals surface area contributed by atoms with E-state index in [1.165, 1.54) is 12.1 Å². The van der Waals surface area contributed by atoms with Gasteiger partial charge < -0.3 is 4.98 Å². The van der Waals surface area contributed by atoms with Crippen molar-refractivity contribution in [3.8, 4) is 6.07 Å². The molecule has 0 unspecified atom stereocenters. The molecule has 0 aliphatic carbocycles. The van der Waals surface area contributed by atoms with Gasteiger partial charge in [0.2, 0.25) is 0 Å². The van der Waals surface area contributed by atoms with E-state index in [1.54, 1.807) is 36.5 Å². The summed E-state index contributed by atoms with van der Waals surface area (Å²) < 4.78 is 27.4. The maximum atomic E-state index is 12.4. The molecule has 1 heterocycles. The van der Waals surface area contributed by atoms with E-state index in [9.17, 15) is 8.42 Å². The fourth-order valence-corrected chi connectivity index (χ4v) is 3.24. The summed E-state index contributed by atoms with van der Waals surface area (Å²) in [6, 6.07) is 15.0. The Morgan fingerprint density at radius 2 is 1.90 bits per heavy atom. The van der Waals surface area contributed by atoms with Gasteiger partial charge in [-0.2, -0.15) is 5.26 Å². The molecule has 2 N–H and O–H groups in total. The highest BCUT2D eigenvalue weighted by atomic mass is 32.2. The minimum absolute atomic E-state index is 0.0640. The number of nitrogens with one attached hydrogen (secondary N) is 2. The first-order chi connectivity index (χ1) is 10.1. The Morgan fingerprint density at radius 1 is 1.10 bits per heavy atom. The highest BCUT2D eigenvalue weighted by Gasteiger charge is 2.16. The number of rotatable bonds is 3. The second-order valence-corrected chi connectivity index (χ2v) is 6.17. The van der Waals surface area contributed by atoms with Crippen LogP contribution in [0.15, 0.2) is 59.6 Å². The molecule has 2 aromatic carbocycles. The van der Waals surface area contributed by atoms with Crippen LogP contribution in [0.2, 0.25) is 0 Å². The van der Waals surface area contributed by atoms with Gasteiger partial charge in [0.1, 0.15) is 0 Å². The summed E-state index contributed by atoms with van der Waals surface area (Å²) in [6.45, 7) is 0. The van der Waals surface area contributed by atoms with E-state index in [4.69, 9.17) is 5.26 Å². The lowest BCUT2D eigenvalue weighted by atomic mass is 10.2. The Bertz CT molecular complexity index is 952. The van der Waals surface area contributed by atoms with E-state index in [0.29, 0.717) is 11.3 Å². The largest absolute Gasteiger partial charge is 0.361 e. The predicted molar refractivity (Wildman–Crippen MR) is 80.3 cm³/mol. The van der Waals surface area contributed by atoms with Crippen LogP contribution in [0.4, 0.5) is 5.69 Å². The van der Waals surface area contributed by atoms with Crippen LogP contribution in [-0.2, 0) is 10.0 Å². The summed E-state index contributed by atoms with van der Waals surface area (Å²) in [5.41, 5.74) is 1.65. The van der Waals surface area contributed by atoms with Crippen molar-refractivity contribution in [2.24, 2.45) is 0 Å². The third kappa shape index (κ3) is 2.47. The van der Waals surface area contributed by atoms with Gasteiger partial charge in [-0.25, -0.2) is 8.42 Å². The average Bonchev–Trinajstić information content (AvgIpc) is 2.97. The third-order valence-electron chi connectivity index (χ3n) is 3.11. The van der Waals surface area contributed by atoms with Gasteiger partial charge in [-0.3, -0.25) is 4.72 Å². The zero-order valence-corrected chi connectivity index (χ0v) is 11.7. The Morgan fingerprint density at radius 3 is 2.71 bits per heavy atom. The molecule has 3 rings (SSSR count). The second-order valence-electron chi connectivity index (χ2n) is 4.49. The van der Waals surface area contributed by atoms with E-state index in [-0.39, 0.29) is 4.90 Å². The van der Waals surface area contributed by atoms with Crippen LogP contribution in [0.3, 0.4) is 0 Å². The van der Waals surface area contributed by atoms with Crippen LogP contribution < -0.4 is 4.72 Å². The standard InChI is InChI=1S/C15H11N3O2S/c16-10-11-3-1-4-12(9-11)21(19,20)18-15-6-2-5-14-13(15)7-8-17-14/h1-9,17-18H. The fraction of sp³-hybridized carbons (Fsp3) is 0. The van der Waals surface area contributed by atoms with Crippen molar-refractivity contribution in [3.63, 3.8) is 0 Å². The maximum absolute atomic E-state index is 12.4. The number of benzene rings is 2. The molecule has 21 heavy (non-hydrogen) atoms. The van der Waals surface area contributed by atoms with Crippen molar-refractivity contribution >= 4 is 26.6 Å².